The van der Waals surface area contributed by atoms with Gasteiger partial charge in [-0.05, 0) is 48.4 Å². The van der Waals surface area contributed by atoms with Gasteiger partial charge in [0.05, 0.1) is 12.7 Å². The SMILES string of the molecule is CCCCCCCCCCCCN1C(=O)C(Oc2ccc(Cl)cc2)C1c1ccc(C(=O)OC)cc1. The highest BCUT2D eigenvalue weighted by atomic mass is 35.5. The number of β-lactam (4-membered cyclic amide) rings is 1. The zero-order valence-corrected chi connectivity index (χ0v) is 21.8. The topological polar surface area (TPSA) is 55.8 Å². The molecular formula is C29H38ClNO4. The van der Waals surface area contributed by atoms with Crippen molar-refractivity contribution in [3.05, 3.63) is 64.7 Å². The number of ether oxygens (including phenoxy) is 2. The fourth-order valence-corrected chi connectivity index (χ4v) is 4.73. The summed E-state index contributed by atoms with van der Waals surface area (Å²) >= 11 is 5.99. The molecule has 35 heavy (non-hydrogen) atoms. The molecular weight excluding hydrogens is 462 g/mol. The van der Waals surface area contributed by atoms with Crippen LogP contribution in [0.1, 0.15) is 93.1 Å². The lowest BCUT2D eigenvalue weighted by atomic mass is 9.89. The number of rotatable bonds is 15. The van der Waals surface area contributed by atoms with Gasteiger partial charge in [0.2, 0.25) is 6.10 Å². The summed E-state index contributed by atoms with van der Waals surface area (Å²) in [4.78, 5) is 26.8. The lowest BCUT2D eigenvalue weighted by Crippen LogP contribution is -2.61. The second kappa shape index (κ2) is 14.1. The van der Waals surface area contributed by atoms with Crippen molar-refractivity contribution >= 4 is 23.5 Å². The van der Waals surface area contributed by atoms with Gasteiger partial charge in [-0.2, -0.15) is 0 Å². The first-order valence-corrected chi connectivity index (χ1v) is 13.3. The van der Waals surface area contributed by atoms with Gasteiger partial charge in [0.25, 0.3) is 5.91 Å². The van der Waals surface area contributed by atoms with Crippen LogP contribution in [-0.4, -0.2) is 36.5 Å². The Hall–Kier alpha value is -2.53. The normalized spacial score (nSPS) is 17.2. The first-order valence-electron chi connectivity index (χ1n) is 13.0. The zero-order chi connectivity index (χ0) is 25.0. The Balaban J connectivity index is 1.55. The van der Waals surface area contributed by atoms with E-state index in [-0.39, 0.29) is 17.9 Å². The van der Waals surface area contributed by atoms with Crippen LogP contribution in [-0.2, 0) is 9.53 Å². The van der Waals surface area contributed by atoms with Gasteiger partial charge < -0.3 is 14.4 Å². The van der Waals surface area contributed by atoms with Gasteiger partial charge in [0.15, 0.2) is 0 Å². The second-order valence-electron chi connectivity index (χ2n) is 9.26. The molecule has 1 heterocycles. The molecule has 2 aromatic carbocycles. The van der Waals surface area contributed by atoms with E-state index in [9.17, 15) is 9.59 Å². The summed E-state index contributed by atoms with van der Waals surface area (Å²) in [5.74, 6) is 0.234. The summed E-state index contributed by atoms with van der Waals surface area (Å²) in [6.45, 7) is 2.95. The molecule has 1 fully saturated rings. The van der Waals surface area contributed by atoms with Crippen LogP contribution in [0.5, 0.6) is 5.75 Å². The molecule has 1 saturated heterocycles. The number of carbonyl (C=O) groups is 2. The third-order valence-electron chi connectivity index (χ3n) is 6.65. The van der Waals surface area contributed by atoms with E-state index in [1.54, 1.807) is 36.4 Å². The van der Waals surface area contributed by atoms with Crippen LogP contribution in [0.3, 0.4) is 0 Å². The average Bonchev–Trinajstić information content (AvgIpc) is 2.88. The molecule has 1 amide bonds. The number of carbonyl (C=O) groups excluding carboxylic acids is 2. The Bertz CT molecular complexity index is 929. The van der Waals surface area contributed by atoms with Crippen molar-refractivity contribution in [2.45, 2.75) is 83.3 Å². The molecule has 2 unspecified atom stereocenters. The predicted molar refractivity (Wildman–Crippen MR) is 140 cm³/mol. The van der Waals surface area contributed by atoms with Crippen LogP contribution in [0.25, 0.3) is 0 Å². The number of amides is 1. The molecule has 1 aliphatic rings. The fraction of sp³-hybridized carbons (Fsp3) is 0.517. The van der Waals surface area contributed by atoms with Gasteiger partial charge in [-0.1, -0.05) is 88.4 Å². The molecule has 0 radical (unpaired) electrons. The molecule has 0 bridgehead atoms. The molecule has 0 aliphatic carbocycles. The van der Waals surface area contributed by atoms with E-state index in [0.717, 1.165) is 18.4 Å². The molecule has 0 saturated carbocycles. The van der Waals surface area contributed by atoms with E-state index in [1.807, 2.05) is 17.0 Å². The van der Waals surface area contributed by atoms with Crippen LogP contribution < -0.4 is 4.74 Å². The minimum absolute atomic E-state index is 0.00193. The maximum absolute atomic E-state index is 13.0. The summed E-state index contributed by atoms with van der Waals surface area (Å²) in [7, 11) is 1.37. The monoisotopic (exact) mass is 499 g/mol. The van der Waals surface area contributed by atoms with Crippen molar-refractivity contribution in [3.63, 3.8) is 0 Å². The van der Waals surface area contributed by atoms with Gasteiger partial charge in [0, 0.05) is 11.6 Å². The Kier molecular flexibility index (Phi) is 10.9. The van der Waals surface area contributed by atoms with Crippen LogP contribution in [0, 0.1) is 0 Å². The predicted octanol–water partition coefficient (Wildman–Crippen LogP) is 7.38. The number of methoxy groups -OCH3 is 1. The lowest BCUT2D eigenvalue weighted by molar-refractivity contribution is -0.164. The molecule has 3 rings (SSSR count). The number of esters is 1. The number of benzene rings is 2. The van der Waals surface area contributed by atoms with Gasteiger partial charge in [-0.25, -0.2) is 4.79 Å². The second-order valence-corrected chi connectivity index (χ2v) is 9.70. The minimum Gasteiger partial charge on any atom is -0.478 e. The molecule has 6 heteroatoms. The maximum atomic E-state index is 13.0. The fourth-order valence-electron chi connectivity index (χ4n) is 4.60. The molecule has 0 N–H and O–H groups in total. The first-order chi connectivity index (χ1) is 17.0. The van der Waals surface area contributed by atoms with Crippen molar-refractivity contribution in [2.75, 3.05) is 13.7 Å². The van der Waals surface area contributed by atoms with Crippen molar-refractivity contribution in [3.8, 4) is 5.75 Å². The number of likely N-dealkylation sites (tertiary alicyclic amines) is 1. The van der Waals surface area contributed by atoms with Crippen LogP contribution >= 0.6 is 11.6 Å². The summed E-state index contributed by atoms with van der Waals surface area (Å²) in [6.07, 6.45) is 12.0. The quantitative estimate of drug-likeness (QED) is 0.146. The van der Waals surface area contributed by atoms with E-state index >= 15 is 0 Å². The summed E-state index contributed by atoms with van der Waals surface area (Å²) in [6, 6.07) is 14.1. The zero-order valence-electron chi connectivity index (χ0n) is 21.0. The van der Waals surface area contributed by atoms with E-state index in [2.05, 4.69) is 6.92 Å². The van der Waals surface area contributed by atoms with Crippen molar-refractivity contribution in [1.29, 1.82) is 0 Å². The number of hydrogen-bond acceptors (Lipinski definition) is 4. The van der Waals surface area contributed by atoms with Crippen molar-refractivity contribution in [2.24, 2.45) is 0 Å². The number of unbranched alkanes of at least 4 members (excludes halogenated alkanes) is 9. The Labute approximate surface area is 214 Å². The Morgan fingerprint density at radius 1 is 0.857 bits per heavy atom. The summed E-state index contributed by atoms with van der Waals surface area (Å²) in [5.41, 5.74) is 1.43. The van der Waals surface area contributed by atoms with E-state index in [0.29, 0.717) is 22.9 Å². The molecule has 2 atom stereocenters. The number of hydrogen-bond donors (Lipinski definition) is 0. The lowest BCUT2D eigenvalue weighted by Gasteiger charge is -2.47. The molecule has 2 aromatic rings. The maximum Gasteiger partial charge on any atom is 0.337 e. The average molecular weight is 500 g/mol. The molecule has 1 aliphatic heterocycles. The third kappa shape index (κ3) is 7.73. The minimum atomic E-state index is -0.594. The number of nitrogens with zero attached hydrogens (tertiary/aromatic N) is 1. The molecule has 0 spiro atoms. The molecule has 5 nitrogen and oxygen atoms in total. The van der Waals surface area contributed by atoms with Gasteiger partial charge in [-0.15, -0.1) is 0 Å². The summed E-state index contributed by atoms with van der Waals surface area (Å²) in [5, 5.41) is 0.620. The highest BCUT2D eigenvalue weighted by Gasteiger charge is 2.49. The highest BCUT2D eigenvalue weighted by Crippen LogP contribution is 2.38. The standard InChI is InChI=1S/C29H38ClNO4/c1-3-4-5-6-7-8-9-10-11-12-21-31-26(22-13-15-23(16-14-22)29(33)34-2)27(28(31)32)35-25-19-17-24(30)18-20-25/h13-20,26-27H,3-12,21H2,1-2H3. The van der Waals surface area contributed by atoms with E-state index in [4.69, 9.17) is 21.1 Å². The van der Waals surface area contributed by atoms with Gasteiger partial charge in [0.1, 0.15) is 11.8 Å². The largest absolute Gasteiger partial charge is 0.478 e. The van der Waals surface area contributed by atoms with Crippen LogP contribution in [0.4, 0.5) is 0 Å². The van der Waals surface area contributed by atoms with Crippen molar-refractivity contribution < 1.29 is 19.1 Å². The van der Waals surface area contributed by atoms with Crippen molar-refractivity contribution in [1.82, 2.24) is 4.90 Å². The highest BCUT2D eigenvalue weighted by molar-refractivity contribution is 6.30. The number of halogens is 1. The third-order valence-corrected chi connectivity index (χ3v) is 6.90. The Morgan fingerprint density at radius 2 is 1.43 bits per heavy atom. The van der Waals surface area contributed by atoms with Gasteiger partial charge in [-0.3, -0.25) is 4.79 Å². The van der Waals surface area contributed by atoms with Crippen LogP contribution in [0.15, 0.2) is 48.5 Å². The smallest absolute Gasteiger partial charge is 0.337 e. The molecule has 190 valence electrons. The van der Waals surface area contributed by atoms with Crippen LogP contribution in [0.2, 0.25) is 5.02 Å². The Morgan fingerprint density at radius 3 is 2.00 bits per heavy atom. The first kappa shape index (κ1) is 27.1. The van der Waals surface area contributed by atoms with Gasteiger partial charge >= 0.3 is 5.97 Å². The summed E-state index contributed by atoms with van der Waals surface area (Å²) < 4.78 is 10.9. The molecule has 0 aromatic heterocycles. The van der Waals surface area contributed by atoms with E-state index in [1.165, 1.54) is 58.5 Å². The van der Waals surface area contributed by atoms with E-state index < -0.39 is 6.10 Å².